The van der Waals surface area contributed by atoms with Crippen LogP contribution in [0.25, 0.3) is 0 Å². The summed E-state index contributed by atoms with van der Waals surface area (Å²) in [6.45, 7) is 1.65. The van der Waals surface area contributed by atoms with Crippen molar-refractivity contribution in [2.75, 3.05) is 0 Å². The first-order valence-corrected chi connectivity index (χ1v) is 8.43. The van der Waals surface area contributed by atoms with Crippen LogP contribution >= 0.6 is 27.5 Å². The molecule has 0 aromatic heterocycles. The van der Waals surface area contributed by atoms with Crippen molar-refractivity contribution in [2.24, 2.45) is 0 Å². The molecular weight excluding hydrogens is 398 g/mol. The molecule has 0 saturated heterocycles. The van der Waals surface area contributed by atoms with Crippen LogP contribution in [0.1, 0.15) is 5.56 Å². The van der Waals surface area contributed by atoms with Crippen molar-refractivity contribution in [3.05, 3.63) is 61.6 Å². The van der Waals surface area contributed by atoms with Crippen molar-refractivity contribution >= 4 is 43.3 Å². The van der Waals surface area contributed by atoms with Crippen LogP contribution in [0, 0.1) is 17.0 Å². The molecular formula is C13H9BrClNO5S. The molecule has 0 radical (unpaired) electrons. The summed E-state index contributed by atoms with van der Waals surface area (Å²) in [5, 5.41) is 11.0. The monoisotopic (exact) mass is 405 g/mol. The molecule has 0 unspecified atom stereocenters. The lowest BCUT2D eigenvalue weighted by molar-refractivity contribution is -0.385. The van der Waals surface area contributed by atoms with Gasteiger partial charge in [-0.25, -0.2) is 0 Å². The molecule has 0 aliphatic heterocycles. The average molecular weight is 407 g/mol. The van der Waals surface area contributed by atoms with Crippen molar-refractivity contribution in [3.8, 4) is 5.75 Å². The minimum atomic E-state index is -4.29. The summed E-state index contributed by atoms with van der Waals surface area (Å²) in [4.78, 5) is 10.0. The molecule has 6 nitrogen and oxygen atoms in total. The first-order chi connectivity index (χ1) is 10.2. The Morgan fingerprint density at radius 2 is 1.91 bits per heavy atom. The van der Waals surface area contributed by atoms with E-state index in [9.17, 15) is 18.5 Å². The van der Waals surface area contributed by atoms with Gasteiger partial charge in [-0.2, -0.15) is 8.42 Å². The number of halogens is 2. The van der Waals surface area contributed by atoms with E-state index in [1.165, 1.54) is 36.4 Å². The fraction of sp³-hybridized carbons (Fsp3) is 0.0769. The molecule has 0 amide bonds. The summed E-state index contributed by atoms with van der Waals surface area (Å²) < 4.78 is 30.0. The quantitative estimate of drug-likeness (QED) is 0.434. The third-order valence-corrected chi connectivity index (χ3v) is 4.89. The van der Waals surface area contributed by atoms with Gasteiger partial charge in [-0.3, -0.25) is 10.1 Å². The van der Waals surface area contributed by atoms with Crippen LogP contribution in [0.15, 0.2) is 45.8 Å². The van der Waals surface area contributed by atoms with Crippen LogP contribution in [0.5, 0.6) is 5.75 Å². The van der Waals surface area contributed by atoms with Crippen molar-refractivity contribution in [2.45, 2.75) is 11.8 Å². The third kappa shape index (κ3) is 3.57. The highest BCUT2D eigenvalue weighted by atomic mass is 79.9. The lowest BCUT2D eigenvalue weighted by atomic mass is 10.2. The van der Waals surface area contributed by atoms with E-state index in [4.69, 9.17) is 15.8 Å². The Morgan fingerprint density at radius 1 is 1.23 bits per heavy atom. The Bertz CT molecular complexity index is 854. The Labute approximate surface area is 140 Å². The zero-order valence-corrected chi connectivity index (χ0v) is 14.3. The van der Waals surface area contributed by atoms with Gasteiger partial charge in [0.25, 0.3) is 0 Å². The Hall–Kier alpha value is -1.64. The van der Waals surface area contributed by atoms with E-state index in [0.29, 0.717) is 10.0 Å². The second kappa shape index (κ2) is 6.23. The summed E-state index contributed by atoms with van der Waals surface area (Å²) in [7, 11) is -4.29. The molecule has 116 valence electrons. The predicted octanol–water partition coefficient (Wildman–Crippen LogP) is 4.09. The van der Waals surface area contributed by atoms with Crippen LogP contribution in [-0.4, -0.2) is 13.3 Å². The fourth-order valence-corrected chi connectivity index (χ4v) is 3.64. The molecule has 0 fully saturated rings. The normalized spacial score (nSPS) is 11.2. The van der Waals surface area contributed by atoms with Crippen LogP contribution < -0.4 is 4.18 Å². The molecule has 2 aromatic carbocycles. The number of rotatable bonds is 4. The number of nitro groups is 1. The Morgan fingerprint density at radius 3 is 2.50 bits per heavy atom. The predicted molar refractivity (Wildman–Crippen MR) is 84.8 cm³/mol. The van der Waals surface area contributed by atoms with Crippen LogP contribution in [0.2, 0.25) is 5.02 Å². The third-order valence-electron chi connectivity index (χ3n) is 2.67. The van der Waals surface area contributed by atoms with E-state index < -0.39 is 20.7 Å². The highest BCUT2D eigenvalue weighted by Crippen LogP contribution is 2.32. The van der Waals surface area contributed by atoms with Gasteiger partial charge in [0.1, 0.15) is 4.90 Å². The maximum absolute atomic E-state index is 12.2. The lowest BCUT2D eigenvalue weighted by Crippen LogP contribution is -2.11. The molecule has 2 rings (SSSR count). The number of hydrogen-bond acceptors (Lipinski definition) is 5. The summed E-state index contributed by atoms with van der Waals surface area (Å²) in [6, 6.07) is 8.10. The van der Waals surface area contributed by atoms with E-state index in [-0.39, 0.29) is 15.7 Å². The van der Waals surface area contributed by atoms with E-state index in [1.807, 2.05) is 0 Å². The number of nitro benzene ring substituents is 1. The Kier molecular flexibility index (Phi) is 4.74. The van der Waals surface area contributed by atoms with E-state index >= 15 is 0 Å². The SMILES string of the molecule is Cc1ccc(OS(=O)(=O)c2ccc(Br)cc2Cl)c([N+](=O)[O-])c1. The fourth-order valence-electron chi connectivity index (χ4n) is 1.68. The smallest absolute Gasteiger partial charge is 0.340 e. The standard InChI is InChI=1S/C13H9BrClNO5S/c1-8-2-4-12(11(6-8)16(17)18)21-22(19,20)13-5-3-9(14)7-10(13)15/h2-7H,1H3. The zero-order valence-electron chi connectivity index (χ0n) is 11.1. The van der Waals surface area contributed by atoms with Gasteiger partial charge in [-0.1, -0.05) is 33.6 Å². The molecule has 9 heteroatoms. The first-order valence-electron chi connectivity index (χ1n) is 5.85. The van der Waals surface area contributed by atoms with Gasteiger partial charge in [0.05, 0.1) is 9.95 Å². The average Bonchev–Trinajstić information content (AvgIpc) is 2.39. The van der Waals surface area contributed by atoms with Gasteiger partial charge < -0.3 is 4.18 Å². The highest BCUT2D eigenvalue weighted by molar-refractivity contribution is 9.10. The molecule has 0 bridgehead atoms. The van der Waals surface area contributed by atoms with E-state index in [1.54, 1.807) is 6.92 Å². The van der Waals surface area contributed by atoms with Gasteiger partial charge in [0.2, 0.25) is 5.75 Å². The van der Waals surface area contributed by atoms with E-state index in [2.05, 4.69) is 15.9 Å². The molecule has 0 spiro atoms. The summed E-state index contributed by atoms with van der Waals surface area (Å²) in [5.74, 6) is -0.366. The highest BCUT2D eigenvalue weighted by Gasteiger charge is 2.25. The number of benzene rings is 2. The topological polar surface area (TPSA) is 86.5 Å². The number of aryl methyl sites for hydroxylation is 1. The van der Waals surface area contributed by atoms with Crippen LogP contribution in [0.4, 0.5) is 5.69 Å². The number of nitrogens with zero attached hydrogens (tertiary/aromatic N) is 1. The maximum Gasteiger partial charge on any atom is 0.340 e. The molecule has 0 aliphatic rings. The Balaban J connectivity index is 2.47. The second-order valence-corrected chi connectivity index (χ2v) is 7.18. The molecule has 2 aromatic rings. The van der Waals surface area contributed by atoms with Gasteiger partial charge in [-0.05, 0) is 36.8 Å². The van der Waals surface area contributed by atoms with Crippen molar-refractivity contribution in [1.82, 2.24) is 0 Å². The maximum atomic E-state index is 12.2. The van der Waals surface area contributed by atoms with Crippen molar-refractivity contribution in [1.29, 1.82) is 0 Å². The van der Waals surface area contributed by atoms with Gasteiger partial charge in [0.15, 0.2) is 0 Å². The van der Waals surface area contributed by atoms with Crippen LogP contribution in [0.3, 0.4) is 0 Å². The minimum absolute atomic E-state index is 0.0517. The van der Waals surface area contributed by atoms with Gasteiger partial charge in [-0.15, -0.1) is 0 Å². The van der Waals surface area contributed by atoms with Crippen LogP contribution in [-0.2, 0) is 10.1 Å². The zero-order chi connectivity index (χ0) is 16.5. The largest absolute Gasteiger partial charge is 0.372 e. The molecule has 0 atom stereocenters. The van der Waals surface area contributed by atoms with Gasteiger partial charge >= 0.3 is 15.8 Å². The van der Waals surface area contributed by atoms with Crippen molar-refractivity contribution in [3.63, 3.8) is 0 Å². The lowest BCUT2D eigenvalue weighted by Gasteiger charge is -2.09. The molecule has 0 aliphatic carbocycles. The molecule has 0 heterocycles. The van der Waals surface area contributed by atoms with Gasteiger partial charge in [0, 0.05) is 10.5 Å². The summed E-state index contributed by atoms with van der Waals surface area (Å²) in [6.07, 6.45) is 0. The minimum Gasteiger partial charge on any atom is -0.372 e. The molecule has 22 heavy (non-hydrogen) atoms. The molecule has 0 saturated carbocycles. The number of hydrogen-bond donors (Lipinski definition) is 0. The second-order valence-electron chi connectivity index (χ2n) is 4.34. The summed E-state index contributed by atoms with van der Waals surface area (Å²) in [5.41, 5.74) is 0.176. The van der Waals surface area contributed by atoms with Crippen molar-refractivity contribution < 1.29 is 17.5 Å². The van der Waals surface area contributed by atoms with E-state index in [0.717, 1.165) is 0 Å². The first kappa shape index (κ1) is 16.7. The summed E-state index contributed by atoms with van der Waals surface area (Å²) >= 11 is 9.04. The molecule has 0 N–H and O–H groups in total.